The summed E-state index contributed by atoms with van der Waals surface area (Å²) < 4.78 is 2.39. The highest BCUT2D eigenvalue weighted by Crippen LogP contribution is 2.28. The summed E-state index contributed by atoms with van der Waals surface area (Å²) >= 11 is 3.36. The van der Waals surface area contributed by atoms with Crippen LogP contribution in [0.2, 0.25) is 0 Å². The van der Waals surface area contributed by atoms with Gasteiger partial charge in [0.05, 0.1) is 4.47 Å². The summed E-state index contributed by atoms with van der Waals surface area (Å²) in [6.45, 7) is 4.07. The van der Waals surface area contributed by atoms with E-state index in [2.05, 4.69) is 21.0 Å². The number of hydrogen-bond donors (Lipinski definition) is 0. The van der Waals surface area contributed by atoms with Crippen molar-refractivity contribution in [1.29, 1.82) is 0 Å². The lowest BCUT2D eigenvalue weighted by Gasteiger charge is -2.34. The maximum absolute atomic E-state index is 12.4. The van der Waals surface area contributed by atoms with Crippen LogP contribution in [0.5, 0.6) is 0 Å². The number of halogens is 1. The standard InChI is InChI=1S/C13H17BrN4O2/c1-2-17-7-10(14)12(15-17)13(20)16-5-6-18(9-3-4-9)11(19)8-16/h7,9H,2-6,8H2,1H3. The molecule has 7 heteroatoms. The fraction of sp³-hybridized carbons (Fsp3) is 0.615. The fourth-order valence-corrected chi connectivity index (χ4v) is 2.97. The summed E-state index contributed by atoms with van der Waals surface area (Å²) in [6.07, 6.45) is 3.99. The number of nitrogens with zero attached hydrogens (tertiary/aromatic N) is 4. The molecule has 1 saturated carbocycles. The van der Waals surface area contributed by atoms with Crippen molar-refractivity contribution in [1.82, 2.24) is 19.6 Å². The van der Waals surface area contributed by atoms with Crippen LogP contribution in [0.25, 0.3) is 0 Å². The molecular formula is C13H17BrN4O2. The van der Waals surface area contributed by atoms with Gasteiger partial charge in [0, 0.05) is 31.9 Å². The van der Waals surface area contributed by atoms with Gasteiger partial charge in [0.1, 0.15) is 6.54 Å². The van der Waals surface area contributed by atoms with Crippen molar-refractivity contribution in [2.24, 2.45) is 0 Å². The first-order chi connectivity index (χ1) is 9.60. The average molecular weight is 341 g/mol. The molecule has 0 aromatic carbocycles. The van der Waals surface area contributed by atoms with Gasteiger partial charge in [-0.15, -0.1) is 0 Å². The highest BCUT2D eigenvalue weighted by Gasteiger charge is 2.37. The van der Waals surface area contributed by atoms with Crippen LogP contribution in [-0.2, 0) is 11.3 Å². The lowest BCUT2D eigenvalue weighted by atomic mass is 10.2. The predicted octanol–water partition coefficient (Wildman–Crippen LogP) is 1.11. The van der Waals surface area contributed by atoms with E-state index in [1.807, 2.05) is 11.8 Å². The van der Waals surface area contributed by atoms with Crippen LogP contribution in [0.4, 0.5) is 0 Å². The molecule has 108 valence electrons. The van der Waals surface area contributed by atoms with Gasteiger partial charge in [0.2, 0.25) is 5.91 Å². The number of aryl methyl sites for hydroxylation is 1. The van der Waals surface area contributed by atoms with E-state index in [0.29, 0.717) is 35.8 Å². The van der Waals surface area contributed by atoms with Crippen molar-refractivity contribution < 1.29 is 9.59 Å². The molecule has 0 bridgehead atoms. The molecule has 0 atom stereocenters. The Labute approximate surface area is 125 Å². The lowest BCUT2D eigenvalue weighted by Crippen LogP contribution is -2.53. The van der Waals surface area contributed by atoms with E-state index in [1.54, 1.807) is 15.8 Å². The summed E-state index contributed by atoms with van der Waals surface area (Å²) in [7, 11) is 0. The first-order valence-electron chi connectivity index (χ1n) is 6.92. The molecular weight excluding hydrogens is 324 g/mol. The van der Waals surface area contributed by atoms with E-state index in [1.165, 1.54) is 0 Å². The van der Waals surface area contributed by atoms with Crippen LogP contribution >= 0.6 is 15.9 Å². The minimum absolute atomic E-state index is 0.0538. The molecule has 1 aliphatic heterocycles. The highest BCUT2D eigenvalue weighted by molar-refractivity contribution is 9.10. The second-order valence-electron chi connectivity index (χ2n) is 5.23. The van der Waals surface area contributed by atoms with Gasteiger partial charge in [-0.1, -0.05) is 0 Å². The molecule has 1 aromatic rings. The van der Waals surface area contributed by atoms with Gasteiger partial charge in [0.25, 0.3) is 5.91 Å². The number of carbonyl (C=O) groups excluding carboxylic acids is 2. The molecule has 0 spiro atoms. The summed E-state index contributed by atoms with van der Waals surface area (Å²) in [5.74, 6) is -0.119. The summed E-state index contributed by atoms with van der Waals surface area (Å²) in [4.78, 5) is 28.0. The van der Waals surface area contributed by atoms with Crippen LogP contribution in [0, 0.1) is 0 Å². The SMILES string of the molecule is CCn1cc(Br)c(C(=O)N2CCN(C3CC3)C(=O)C2)n1. The van der Waals surface area contributed by atoms with E-state index in [-0.39, 0.29) is 18.4 Å². The Morgan fingerprint density at radius 2 is 2.20 bits per heavy atom. The second-order valence-corrected chi connectivity index (χ2v) is 6.08. The molecule has 6 nitrogen and oxygen atoms in total. The summed E-state index contributed by atoms with van der Waals surface area (Å²) in [5.41, 5.74) is 0.388. The quantitative estimate of drug-likeness (QED) is 0.828. The van der Waals surface area contributed by atoms with Crippen molar-refractivity contribution in [2.75, 3.05) is 19.6 Å². The van der Waals surface area contributed by atoms with Crippen LogP contribution < -0.4 is 0 Å². The molecule has 3 rings (SSSR count). The first-order valence-corrected chi connectivity index (χ1v) is 7.71. The van der Waals surface area contributed by atoms with Crippen molar-refractivity contribution in [3.05, 3.63) is 16.4 Å². The Bertz CT molecular complexity index is 553. The zero-order valence-corrected chi connectivity index (χ0v) is 13.0. The van der Waals surface area contributed by atoms with Gasteiger partial charge < -0.3 is 9.80 Å². The molecule has 2 heterocycles. The number of aromatic nitrogens is 2. The lowest BCUT2D eigenvalue weighted by molar-refractivity contribution is -0.135. The molecule has 0 unspecified atom stereocenters. The number of rotatable bonds is 3. The van der Waals surface area contributed by atoms with Gasteiger partial charge in [0.15, 0.2) is 5.69 Å². The van der Waals surface area contributed by atoms with Gasteiger partial charge in [-0.3, -0.25) is 14.3 Å². The smallest absolute Gasteiger partial charge is 0.276 e. The third-order valence-electron chi connectivity index (χ3n) is 3.78. The van der Waals surface area contributed by atoms with Crippen LogP contribution in [0.3, 0.4) is 0 Å². The third kappa shape index (κ3) is 2.46. The maximum atomic E-state index is 12.4. The molecule has 0 radical (unpaired) electrons. The van der Waals surface area contributed by atoms with Crippen LogP contribution in [0.1, 0.15) is 30.3 Å². The maximum Gasteiger partial charge on any atom is 0.276 e. The molecule has 1 aliphatic carbocycles. The van der Waals surface area contributed by atoms with Crippen molar-refractivity contribution >= 4 is 27.7 Å². The van der Waals surface area contributed by atoms with E-state index >= 15 is 0 Å². The molecule has 2 aliphatic rings. The Hall–Kier alpha value is -1.37. The molecule has 1 aromatic heterocycles. The second kappa shape index (κ2) is 5.20. The first kappa shape index (κ1) is 13.6. The van der Waals surface area contributed by atoms with Crippen LogP contribution in [0.15, 0.2) is 10.7 Å². The zero-order chi connectivity index (χ0) is 14.3. The Morgan fingerprint density at radius 1 is 1.45 bits per heavy atom. The number of hydrogen-bond acceptors (Lipinski definition) is 3. The van der Waals surface area contributed by atoms with E-state index in [0.717, 1.165) is 12.8 Å². The number of amides is 2. The number of carbonyl (C=O) groups is 2. The van der Waals surface area contributed by atoms with Gasteiger partial charge in [-0.2, -0.15) is 5.10 Å². The third-order valence-corrected chi connectivity index (χ3v) is 4.36. The predicted molar refractivity (Wildman–Crippen MR) is 76.2 cm³/mol. The topological polar surface area (TPSA) is 58.4 Å². The van der Waals surface area contributed by atoms with Crippen molar-refractivity contribution in [3.63, 3.8) is 0 Å². The Morgan fingerprint density at radius 3 is 2.75 bits per heavy atom. The van der Waals surface area contributed by atoms with Gasteiger partial charge in [-0.05, 0) is 35.7 Å². The fourth-order valence-electron chi connectivity index (χ4n) is 2.49. The van der Waals surface area contributed by atoms with E-state index in [4.69, 9.17) is 0 Å². The van der Waals surface area contributed by atoms with E-state index in [9.17, 15) is 9.59 Å². The Balaban J connectivity index is 1.71. The Kier molecular flexibility index (Phi) is 3.54. The van der Waals surface area contributed by atoms with Crippen LogP contribution in [-0.4, -0.2) is 57.1 Å². The molecule has 2 fully saturated rings. The summed E-state index contributed by atoms with van der Waals surface area (Å²) in [5, 5.41) is 4.25. The summed E-state index contributed by atoms with van der Waals surface area (Å²) in [6, 6.07) is 0.422. The molecule has 20 heavy (non-hydrogen) atoms. The number of piperazine rings is 1. The highest BCUT2D eigenvalue weighted by atomic mass is 79.9. The normalized spacial score (nSPS) is 19.6. The van der Waals surface area contributed by atoms with Gasteiger partial charge in [-0.25, -0.2) is 0 Å². The van der Waals surface area contributed by atoms with Crippen molar-refractivity contribution in [2.45, 2.75) is 32.4 Å². The molecule has 1 saturated heterocycles. The minimum Gasteiger partial charge on any atom is -0.336 e. The largest absolute Gasteiger partial charge is 0.336 e. The molecule has 2 amide bonds. The van der Waals surface area contributed by atoms with Crippen molar-refractivity contribution in [3.8, 4) is 0 Å². The average Bonchev–Trinajstić information content (AvgIpc) is 3.20. The van der Waals surface area contributed by atoms with Gasteiger partial charge >= 0.3 is 0 Å². The minimum atomic E-state index is -0.173. The van der Waals surface area contributed by atoms with E-state index < -0.39 is 0 Å². The zero-order valence-electron chi connectivity index (χ0n) is 11.4. The monoisotopic (exact) mass is 340 g/mol. The molecule has 0 N–H and O–H groups in total.